The first kappa shape index (κ1) is 18.1. The van der Waals surface area contributed by atoms with Gasteiger partial charge in [-0.2, -0.15) is 5.10 Å². The van der Waals surface area contributed by atoms with Gasteiger partial charge in [-0.05, 0) is 30.3 Å². The van der Waals surface area contributed by atoms with Crippen LogP contribution in [0, 0.1) is 5.82 Å². The minimum atomic E-state index is -0.551. The van der Waals surface area contributed by atoms with Crippen LogP contribution >= 0.6 is 0 Å². The Hall–Kier alpha value is -4.66. The zero-order chi connectivity index (χ0) is 21.7. The van der Waals surface area contributed by atoms with Gasteiger partial charge in [-0.15, -0.1) is 0 Å². The third-order valence-corrected chi connectivity index (χ3v) is 5.20. The number of hydrogen-bond acceptors (Lipinski definition) is 6. The molecule has 0 spiro atoms. The van der Waals surface area contributed by atoms with E-state index in [2.05, 4.69) is 30.1 Å². The zero-order valence-corrected chi connectivity index (χ0v) is 16.4. The summed E-state index contributed by atoms with van der Waals surface area (Å²) in [7, 11) is 0. The van der Waals surface area contributed by atoms with Crippen LogP contribution in [-0.4, -0.2) is 40.2 Å². The van der Waals surface area contributed by atoms with Crippen molar-refractivity contribution in [1.29, 1.82) is 0 Å². The van der Waals surface area contributed by atoms with Crippen molar-refractivity contribution >= 4 is 21.9 Å². The van der Waals surface area contributed by atoms with Crippen LogP contribution in [-0.2, 0) is 0 Å². The highest BCUT2D eigenvalue weighted by Crippen LogP contribution is 2.33. The monoisotopic (exact) mass is 423 g/mol. The summed E-state index contributed by atoms with van der Waals surface area (Å²) in [6, 6.07) is 11.5. The van der Waals surface area contributed by atoms with Crippen LogP contribution in [0.25, 0.3) is 56.0 Å². The standard InChI is InChI=1S/C23H14FN7O/c24-14-7-13(8-15(32)10-14)20-22-18(3-4-27-20)28-23(29-22)21-16-9-12(1-2-17(16)30-31-21)19-11-25-5-6-26-19/h1-11,32H,(H,28,29)(H,30,31). The molecule has 0 amide bonds. The highest BCUT2D eigenvalue weighted by molar-refractivity contribution is 5.97. The van der Waals surface area contributed by atoms with E-state index in [0.717, 1.165) is 33.7 Å². The van der Waals surface area contributed by atoms with E-state index in [1.165, 1.54) is 12.1 Å². The van der Waals surface area contributed by atoms with E-state index in [1.807, 2.05) is 18.2 Å². The number of aromatic hydroxyl groups is 1. The Morgan fingerprint density at radius 2 is 1.78 bits per heavy atom. The molecule has 2 aromatic carbocycles. The molecule has 32 heavy (non-hydrogen) atoms. The number of fused-ring (bicyclic) bond motifs is 2. The molecule has 4 heterocycles. The Morgan fingerprint density at radius 3 is 2.62 bits per heavy atom. The maximum absolute atomic E-state index is 13.9. The van der Waals surface area contributed by atoms with Crippen molar-refractivity contribution < 1.29 is 9.50 Å². The number of halogens is 1. The van der Waals surface area contributed by atoms with Gasteiger partial charge in [0.2, 0.25) is 0 Å². The van der Waals surface area contributed by atoms with Gasteiger partial charge in [0.15, 0.2) is 5.82 Å². The fourth-order valence-corrected chi connectivity index (χ4v) is 3.77. The Balaban J connectivity index is 1.52. The maximum atomic E-state index is 13.9. The molecular formula is C23H14FN7O. The van der Waals surface area contributed by atoms with E-state index in [1.54, 1.807) is 30.9 Å². The number of benzene rings is 2. The van der Waals surface area contributed by atoms with Crippen molar-refractivity contribution in [3.63, 3.8) is 0 Å². The summed E-state index contributed by atoms with van der Waals surface area (Å²) in [4.78, 5) is 20.8. The molecular weight excluding hydrogens is 409 g/mol. The van der Waals surface area contributed by atoms with E-state index >= 15 is 0 Å². The molecule has 0 aliphatic heterocycles. The van der Waals surface area contributed by atoms with Crippen molar-refractivity contribution in [3.8, 4) is 39.8 Å². The lowest BCUT2D eigenvalue weighted by Crippen LogP contribution is -1.87. The number of aromatic nitrogens is 7. The van der Waals surface area contributed by atoms with Crippen molar-refractivity contribution in [2.45, 2.75) is 0 Å². The van der Waals surface area contributed by atoms with E-state index in [4.69, 9.17) is 4.98 Å². The average Bonchev–Trinajstić information content (AvgIpc) is 3.42. The van der Waals surface area contributed by atoms with Crippen LogP contribution < -0.4 is 0 Å². The predicted octanol–water partition coefficient (Wildman–Crippen LogP) is 4.47. The van der Waals surface area contributed by atoms with Gasteiger partial charge in [-0.3, -0.25) is 20.1 Å². The minimum absolute atomic E-state index is 0.176. The lowest BCUT2D eigenvalue weighted by molar-refractivity contribution is 0.469. The summed E-state index contributed by atoms with van der Waals surface area (Å²) in [5, 5.41) is 18.1. The summed E-state index contributed by atoms with van der Waals surface area (Å²) >= 11 is 0. The molecule has 0 aliphatic rings. The molecule has 0 saturated carbocycles. The zero-order valence-electron chi connectivity index (χ0n) is 16.4. The number of nitrogens with zero attached hydrogens (tertiary/aromatic N) is 5. The Morgan fingerprint density at radius 1 is 0.844 bits per heavy atom. The van der Waals surface area contributed by atoms with Gasteiger partial charge in [0.25, 0.3) is 0 Å². The van der Waals surface area contributed by atoms with Gasteiger partial charge in [-0.25, -0.2) is 9.37 Å². The summed E-state index contributed by atoms with van der Waals surface area (Å²) < 4.78 is 13.9. The van der Waals surface area contributed by atoms with Gasteiger partial charge in [0, 0.05) is 41.2 Å². The number of phenols is 1. The first-order valence-corrected chi connectivity index (χ1v) is 9.75. The van der Waals surface area contributed by atoms with Crippen LogP contribution in [0.4, 0.5) is 4.39 Å². The summed E-state index contributed by atoms with van der Waals surface area (Å²) in [6.07, 6.45) is 6.59. The highest BCUT2D eigenvalue weighted by atomic mass is 19.1. The number of nitrogens with one attached hydrogen (secondary N) is 2. The number of hydrogen-bond donors (Lipinski definition) is 3. The van der Waals surface area contributed by atoms with Crippen molar-refractivity contribution in [1.82, 2.24) is 35.1 Å². The molecule has 0 aliphatic carbocycles. The second-order valence-electron chi connectivity index (χ2n) is 7.26. The number of pyridine rings is 1. The Labute approximate surface area is 179 Å². The lowest BCUT2D eigenvalue weighted by Gasteiger charge is -2.03. The number of H-pyrrole nitrogens is 2. The molecule has 0 fully saturated rings. The van der Waals surface area contributed by atoms with Crippen molar-refractivity contribution in [2.24, 2.45) is 0 Å². The second kappa shape index (κ2) is 6.95. The summed E-state index contributed by atoms with van der Waals surface area (Å²) in [6.45, 7) is 0. The van der Waals surface area contributed by atoms with Gasteiger partial charge in [0.1, 0.15) is 22.8 Å². The molecule has 0 radical (unpaired) electrons. The average molecular weight is 423 g/mol. The fraction of sp³-hybridized carbons (Fsp3) is 0. The number of aromatic amines is 2. The third kappa shape index (κ3) is 2.95. The maximum Gasteiger partial charge on any atom is 0.159 e. The highest BCUT2D eigenvalue weighted by Gasteiger charge is 2.17. The topological polar surface area (TPSA) is 116 Å². The Kier molecular flexibility index (Phi) is 3.94. The van der Waals surface area contributed by atoms with E-state index in [9.17, 15) is 9.50 Å². The predicted molar refractivity (Wildman–Crippen MR) is 117 cm³/mol. The van der Waals surface area contributed by atoms with Gasteiger partial charge < -0.3 is 10.1 Å². The van der Waals surface area contributed by atoms with E-state index in [-0.39, 0.29) is 5.75 Å². The number of phenolic OH excluding ortho intramolecular Hbond substituents is 1. The van der Waals surface area contributed by atoms with Crippen LogP contribution in [0.15, 0.2) is 67.3 Å². The third-order valence-electron chi connectivity index (χ3n) is 5.20. The molecule has 0 saturated heterocycles. The van der Waals surface area contributed by atoms with Crippen LogP contribution in [0.3, 0.4) is 0 Å². The molecule has 154 valence electrons. The van der Waals surface area contributed by atoms with Gasteiger partial charge in [-0.1, -0.05) is 6.07 Å². The smallest absolute Gasteiger partial charge is 0.159 e. The van der Waals surface area contributed by atoms with Crippen molar-refractivity contribution in [3.05, 3.63) is 73.1 Å². The molecule has 0 atom stereocenters. The van der Waals surface area contributed by atoms with Crippen molar-refractivity contribution in [2.75, 3.05) is 0 Å². The summed E-state index contributed by atoms with van der Waals surface area (Å²) in [5.41, 5.74) is 5.30. The first-order valence-electron chi connectivity index (χ1n) is 9.75. The largest absolute Gasteiger partial charge is 0.508 e. The molecule has 8 nitrogen and oxygen atoms in total. The van der Waals surface area contributed by atoms with Crippen LogP contribution in [0.1, 0.15) is 0 Å². The second-order valence-corrected chi connectivity index (χ2v) is 7.26. The molecule has 0 unspecified atom stereocenters. The van der Waals surface area contributed by atoms with Crippen LogP contribution in [0.5, 0.6) is 5.75 Å². The van der Waals surface area contributed by atoms with Gasteiger partial charge >= 0.3 is 0 Å². The molecule has 9 heteroatoms. The van der Waals surface area contributed by atoms with E-state index in [0.29, 0.717) is 28.3 Å². The number of imidazole rings is 1. The quantitative estimate of drug-likeness (QED) is 0.387. The molecule has 6 aromatic rings. The SMILES string of the molecule is Oc1cc(F)cc(-c2nccc3[nH]c(-c4n[nH]c5ccc(-c6cnccn6)cc45)nc23)c1. The van der Waals surface area contributed by atoms with Gasteiger partial charge in [0.05, 0.1) is 28.6 Å². The lowest BCUT2D eigenvalue weighted by atomic mass is 10.1. The molecule has 6 rings (SSSR count). The molecule has 0 bridgehead atoms. The fourth-order valence-electron chi connectivity index (χ4n) is 3.77. The van der Waals surface area contributed by atoms with Crippen LogP contribution in [0.2, 0.25) is 0 Å². The summed E-state index contributed by atoms with van der Waals surface area (Å²) in [5.74, 6) is -0.189. The number of rotatable bonds is 3. The molecule has 4 aromatic heterocycles. The first-order chi connectivity index (χ1) is 15.7. The van der Waals surface area contributed by atoms with E-state index < -0.39 is 5.82 Å². The minimum Gasteiger partial charge on any atom is -0.508 e. The Bertz CT molecular complexity index is 1590. The normalized spacial score (nSPS) is 11.4. The molecule has 3 N–H and O–H groups in total.